The van der Waals surface area contributed by atoms with E-state index in [4.69, 9.17) is 9.47 Å². The van der Waals surface area contributed by atoms with E-state index in [0.717, 1.165) is 38.8 Å². The molecule has 2 saturated heterocycles. The third-order valence-corrected chi connectivity index (χ3v) is 6.46. The lowest BCUT2D eigenvalue weighted by atomic mass is 9.74. The molecule has 1 atom stereocenters. The Morgan fingerprint density at radius 1 is 1.15 bits per heavy atom. The summed E-state index contributed by atoms with van der Waals surface area (Å²) in [6, 6.07) is 0. The van der Waals surface area contributed by atoms with E-state index in [9.17, 15) is 4.79 Å². The Labute approximate surface area is 161 Å². The van der Waals surface area contributed by atoms with Gasteiger partial charge in [-0.15, -0.1) is 0 Å². The summed E-state index contributed by atoms with van der Waals surface area (Å²) >= 11 is 0. The van der Waals surface area contributed by atoms with Crippen molar-refractivity contribution >= 4 is 5.91 Å². The van der Waals surface area contributed by atoms with Crippen LogP contribution in [0.25, 0.3) is 0 Å². The SMILES string of the molecule is Cn1cncc1CN1CCOC2(C1)CN(C(=O)C1(C)CCCCC1)CCO2. The summed E-state index contributed by atoms with van der Waals surface area (Å²) in [7, 11) is 2.01. The second-order valence-electron chi connectivity index (χ2n) is 8.66. The van der Waals surface area contributed by atoms with Crippen molar-refractivity contribution in [3.8, 4) is 0 Å². The molecule has 4 rings (SSSR count). The maximum atomic E-state index is 13.3. The van der Waals surface area contributed by atoms with Crippen molar-refractivity contribution in [3.63, 3.8) is 0 Å². The highest BCUT2D eigenvalue weighted by atomic mass is 16.7. The first-order valence-corrected chi connectivity index (χ1v) is 10.2. The Balaban J connectivity index is 1.43. The van der Waals surface area contributed by atoms with Gasteiger partial charge in [0.2, 0.25) is 5.91 Å². The van der Waals surface area contributed by atoms with Crippen LogP contribution in [0.2, 0.25) is 0 Å². The molecule has 1 aromatic heterocycles. The van der Waals surface area contributed by atoms with Crippen molar-refractivity contribution < 1.29 is 14.3 Å². The first-order chi connectivity index (χ1) is 13.0. The fraction of sp³-hybridized carbons (Fsp3) is 0.800. The van der Waals surface area contributed by atoms with Crippen molar-refractivity contribution in [1.82, 2.24) is 19.4 Å². The van der Waals surface area contributed by atoms with Crippen LogP contribution in [0, 0.1) is 5.41 Å². The minimum atomic E-state index is -0.699. The molecule has 7 nitrogen and oxygen atoms in total. The topological polar surface area (TPSA) is 59.8 Å². The lowest BCUT2D eigenvalue weighted by molar-refractivity contribution is -0.291. The predicted octanol–water partition coefficient (Wildman–Crippen LogP) is 1.78. The van der Waals surface area contributed by atoms with E-state index in [0.29, 0.717) is 32.8 Å². The van der Waals surface area contributed by atoms with Gasteiger partial charge in [0.15, 0.2) is 5.79 Å². The minimum Gasteiger partial charge on any atom is -0.346 e. The third-order valence-electron chi connectivity index (χ3n) is 6.46. The van der Waals surface area contributed by atoms with Gasteiger partial charge in [0, 0.05) is 38.3 Å². The van der Waals surface area contributed by atoms with Crippen molar-refractivity contribution in [1.29, 1.82) is 0 Å². The second kappa shape index (κ2) is 7.53. The number of ether oxygens (including phenoxy) is 2. The second-order valence-corrected chi connectivity index (χ2v) is 8.66. The van der Waals surface area contributed by atoms with Crippen molar-refractivity contribution in [3.05, 3.63) is 18.2 Å². The van der Waals surface area contributed by atoms with Crippen LogP contribution in [0.3, 0.4) is 0 Å². The Kier molecular flexibility index (Phi) is 5.27. The van der Waals surface area contributed by atoms with Crippen LogP contribution < -0.4 is 0 Å². The number of rotatable bonds is 3. The fourth-order valence-corrected chi connectivity index (χ4v) is 4.77. The van der Waals surface area contributed by atoms with Gasteiger partial charge in [-0.25, -0.2) is 4.98 Å². The molecular weight excluding hydrogens is 344 g/mol. The lowest BCUT2D eigenvalue weighted by Gasteiger charge is -2.49. The maximum Gasteiger partial charge on any atom is 0.228 e. The van der Waals surface area contributed by atoms with E-state index in [-0.39, 0.29) is 11.3 Å². The summed E-state index contributed by atoms with van der Waals surface area (Å²) in [6.45, 7) is 6.87. The Bertz CT molecular complexity index is 666. The summed E-state index contributed by atoms with van der Waals surface area (Å²) in [5.74, 6) is -0.410. The molecule has 27 heavy (non-hydrogen) atoms. The molecule has 0 aromatic carbocycles. The third kappa shape index (κ3) is 3.91. The van der Waals surface area contributed by atoms with Crippen LogP contribution in [0.1, 0.15) is 44.7 Å². The summed E-state index contributed by atoms with van der Waals surface area (Å²) < 4.78 is 14.3. The average molecular weight is 377 g/mol. The molecule has 0 bridgehead atoms. The number of aromatic nitrogens is 2. The Morgan fingerprint density at radius 3 is 2.59 bits per heavy atom. The number of carbonyl (C=O) groups is 1. The number of hydrogen-bond acceptors (Lipinski definition) is 5. The molecule has 1 aliphatic carbocycles. The van der Waals surface area contributed by atoms with Gasteiger partial charge in [-0.3, -0.25) is 9.69 Å². The van der Waals surface area contributed by atoms with Crippen molar-refractivity contribution in [2.75, 3.05) is 39.4 Å². The number of morpholine rings is 2. The molecule has 1 saturated carbocycles. The van der Waals surface area contributed by atoms with Gasteiger partial charge in [0.05, 0.1) is 38.3 Å². The molecule has 150 valence electrons. The number of imidazole rings is 1. The van der Waals surface area contributed by atoms with Crippen molar-refractivity contribution in [2.45, 2.75) is 51.4 Å². The zero-order chi connectivity index (χ0) is 18.9. The van der Waals surface area contributed by atoms with Crippen LogP contribution in [0.4, 0.5) is 0 Å². The fourth-order valence-electron chi connectivity index (χ4n) is 4.77. The van der Waals surface area contributed by atoms with Crippen LogP contribution >= 0.6 is 0 Å². The van der Waals surface area contributed by atoms with E-state index in [2.05, 4.69) is 16.8 Å². The Hall–Kier alpha value is -1.44. The molecule has 3 aliphatic rings. The molecule has 3 heterocycles. The maximum absolute atomic E-state index is 13.3. The van der Waals surface area contributed by atoms with Gasteiger partial charge in [0.25, 0.3) is 0 Å². The van der Waals surface area contributed by atoms with Crippen molar-refractivity contribution in [2.24, 2.45) is 12.5 Å². The van der Waals surface area contributed by atoms with Gasteiger partial charge >= 0.3 is 0 Å². The van der Waals surface area contributed by atoms with Crippen LogP contribution in [-0.2, 0) is 27.9 Å². The Morgan fingerprint density at radius 2 is 1.89 bits per heavy atom. The summed E-state index contributed by atoms with van der Waals surface area (Å²) in [5.41, 5.74) is 0.963. The number of aryl methyl sites for hydroxylation is 1. The molecule has 1 spiro atoms. The normalized spacial score (nSPS) is 29.2. The van der Waals surface area contributed by atoms with Gasteiger partial charge in [-0.05, 0) is 12.8 Å². The molecule has 0 radical (unpaired) electrons. The van der Waals surface area contributed by atoms with Gasteiger partial charge in [-0.1, -0.05) is 26.2 Å². The summed E-state index contributed by atoms with van der Waals surface area (Å²) in [5, 5.41) is 0. The predicted molar refractivity (Wildman–Crippen MR) is 101 cm³/mol. The quantitative estimate of drug-likeness (QED) is 0.805. The summed E-state index contributed by atoms with van der Waals surface area (Å²) in [4.78, 5) is 21.8. The highest BCUT2D eigenvalue weighted by molar-refractivity contribution is 5.82. The van der Waals surface area contributed by atoms with E-state index < -0.39 is 5.79 Å². The molecule has 1 unspecified atom stereocenters. The number of carbonyl (C=O) groups excluding carboxylic acids is 1. The monoisotopic (exact) mass is 376 g/mol. The van der Waals surface area contributed by atoms with E-state index >= 15 is 0 Å². The molecule has 1 amide bonds. The van der Waals surface area contributed by atoms with Crippen LogP contribution in [0.15, 0.2) is 12.5 Å². The zero-order valence-electron chi connectivity index (χ0n) is 16.7. The van der Waals surface area contributed by atoms with Gasteiger partial charge in [-0.2, -0.15) is 0 Å². The molecular formula is C20H32N4O3. The molecule has 7 heteroatoms. The molecule has 0 N–H and O–H groups in total. The van der Waals surface area contributed by atoms with Crippen LogP contribution in [-0.4, -0.2) is 70.4 Å². The van der Waals surface area contributed by atoms with Gasteiger partial charge < -0.3 is 18.9 Å². The minimum absolute atomic E-state index is 0.208. The first-order valence-electron chi connectivity index (χ1n) is 10.2. The highest BCUT2D eigenvalue weighted by Gasteiger charge is 2.46. The van der Waals surface area contributed by atoms with E-state index in [1.54, 1.807) is 0 Å². The highest BCUT2D eigenvalue weighted by Crippen LogP contribution is 2.38. The van der Waals surface area contributed by atoms with Gasteiger partial charge in [0.1, 0.15) is 0 Å². The summed E-state index contributed by atoms with van der Waals surface area (Å²) in [6.07, 6.45) is 9.31. The smallest absolute Gasteiger partial charge is 0.228 e. The molecule has 3 fully saturated rings. The number of nitrogens with zero attached hydrogens (tertiary/aromatic N) is 4. The largest absolute Gasteiger partial charge is 0.346 e. The van der Waals surface area contributed by atoms with E-state index in [1.165, 1.54) is 12.1 Å². The standard InChI is InChI=1S/C20H32N4O3/c1-19(6-4-3-5-7-19)18(25)24-9-11-27-20(15-24)14-23(8-10-26-20)13-17-12-21-16-22(17)2/h12,16H,3-11,13-15H2,1-2H3. The molecule has 2 aliphatic heterocycles. The number of amides is 1. The number of hydrogen-bond donors (Lipinski definition) is 0. The molecule has 1 aromatic rings. The lowest BCUT2D eigenvalue weighted by Crippen LogP contribution is -2.64. The van der Waals surface area contributed by atoms with Crippen LogP contribution in [0.5, 0.6) is 0 Å². The van der Waals surface area contributed by atoms with E-state index in [1.807, 2.05) is 29.0 Å². The zero-order valence-corrected chi connectivity index (χ0v) is 16.7. The first kappa shape index (κ1) is 18.9. The average Bonchev–Trinajstić information content (AvgIpc) is 3.06.